The normalized spacial score (nSPS) is 19.3. The third kappa shape index (κ3) is 2.16. The molecule has 1 heterocycles. The molecule has 0 amide bonds. The summed E-state index contributed by atoms with van der Waals surface area (Å²) in [5.41, 5.74) is -0.357. The Hall–Kier alpha value is -1.43. The molecule has 1 N–H and O–H groups in total. The minimum absolute atomic E-state index is 0.109. The van der Waals surface area contributed by atoms with E-state index in [1.165, 1.54) is 0 Å². The minimum Gasteiger partial charge on any atom is -0.495 e. The van der Waals surface area contributed by atoms with Crippen molar-refractivity contribution in [2.24, 2.45) is 0 Å². The molecule has 1 aromatic carbocycles. The third-order valence-electron chi connectivity index (χ3n) is 4.37. The SMILES string of the molecule is COc1c(Br)cc2c(c1C1(C(=O)O)CCCCC1)OCO2. The summed E-state index contributed by atoms with van der Waals surface area (Å²) >= 11 is 3.45. The summed E-state index contributed by atoms with van der Waals surface area (Å²) in [4.78, 5) is 12.1. The van der Waals surface area contributed by atoms with Crippen LogP contribution in [-0.4, -0.2) is 25.0 Å². The molecule has 0 unspecified atom stereocenters. The fourth-order valence-electron chi connectivity index (χ4n) is 3.35. The van der Waals surface area contributed by atoms with Gasteiger partial charge < -0.3 is 19.3 Å². The zero-order valence-corrected chi connectivity index (χ0v) is 13.4. The van der Waals surface area contributed by atoms with Gasteiger partial charge in [-0.3, -0.25) is 4.79 Å². The molecule has 6 heteroatoms. The van der Waals surface area contributed by atoms with Gasteiger partial charge in [-0.2, -0.15) is 0 Å². The van der Waals surface area contributed by atoms with Gasteiger partial charge in [0.15, 0.2) is 11.5 Å². The number of fused-ring (bicyclic) bond motifs is 1. The van der Waals surface area contributed by atoms with Gasteiger partial charge in [-0.05, 0) is 28.8 Å². The summed E-state index contributed by atoms with van der Waals surface area (Å²) in [7, 11) is 1.55. The monoisotopic (exact) mass is 356 g/mol. The van der Waals surface area contributed by atoms with Crippen molar-refractivity contribution in [2.75, 3.05) is 13.9 Å². The Labute approximate surface area is 131 Å². The Morgan fingerprint density at radius 3 is 2.67 bits per heavy atom. The van der Waals surface area contributed by atoms with Crippen LogP contribution in [0.25, 0.3) is 0 Å². The number of aliphatic carboxylic acids is 1. The molecule has 21 heavy (non-hydrogen) atoms. The first-order chi connectivity index (χ1) is 10.1. The molecule has 0 atom stereocenters. The van der Waals surface area contributed by atoms with Crippen molar-refractivity contribution in [3.8, 4) is 17.2 Å². The molecule has 1 aliphatic heterocycles. The number of methoxy groups -OCH3 is 1. The Morgan fingerprint density at radius 2 is 2.05 bits per heavy atom. The number of rotatable bonds is 3. The van der Waals surface area contributed by atoms with Crippen LogP contribution < -0.4 is 14.2 Å². The second-order valence-corrected chi connectivity index (χ2v) is 6.30. The van der Waals surface area contributed by atoms with E-state index in [4.69, 9.17) is 14.2 Å². The van der Waals surface area contributed by atoms with Crippen molar-refractivity contribution in [3.63, 3.8) is 0 Å². The van der Waals surface area contributed by atoms with E-state index in [-0.39, 0.29) is 6.79 Å². The Kier molecular flexibility index (Phi) is 3.73. The largest absolute Gasteiger partial charge is 0.495 e. The fraction of sp³-hybridized carbons (Fsp3) is 0.533. The number of carboxylic acid groups (broad SMARTS) is 1. The van der Waals surface area contributed by atoms with E-state index in [1.807, 2.05) is 0 Å². The van der Waals surface area contributed by atoms with Crippen LogP contribution in [0.4, 0.5) is 0 Å². The van der Waals surface area contributed by atoms with Gasteiger partial charge in [0.1, 0.15) is 11.2 Å². The smallest absolute Gasteiger partial charge is 0.314 e. The molecule has 0 radical (unpaired) electrons. The number of hydrogen-bond donors (Lipinski definition) is 1. The summed E-state index contributed by atoms with van der Waals surface area (Å²) < 4.78 is 17.2. The van der Waals surface area contributed by atoms with Crippen LogP contribution in [0.1, 0.15) is 37.7 Å². The lowest BCUT2D eigenvalue weighted by Gasteiger charge is -2.35. The number of ether oxygens (including phenoxy) is 3. The molecule has 2 aliphatic rings. The van der Waals surface area contributed by atoms with Gasteiger partial charge in [-0.15, -0.1) is 0 Å². The van der Waals surface area contributed by atoms with E-state index in [0.29, 0.717) is 40.1 Å². The van der Waals surface area contributed by atoms with Crippen LogP contribution in [0.3, 0.4) is 0 Å². The Bertz CT molecular complexity index is 574. The molecule has 0 aromatic heterocycles. The summed E-state index contributed by atoms with van der Waals surface area (Å²) in [5, 5.41) is 9.92. The zero-order valence-electron chi connectivity index (χ0n) is 11.8. The Morgan fingerprint density at radius 1 is 1.33 bits per heavy atom. The van der Waals surface area contributed by atoms with E-state index in [1.54, 1.807) is 13.2 Å². The maximum atomic E-state index is 12.1. The molecule has 1 fully saturated rings. The maximum absolute atomic E-state index is 12.1. The first kappa shape index (κ1) is 14.5. The Balaban J connectivity index is 2.26. The molecule has 1 aliphatic carbocycles. The predicted molar refractivity (Wildman–Crippen MR) is 79.2 cm³/mol. The molecular weight excluding hydrogens is 340 g/mol. The predicted octanol–water partition coefficient (Wildman–Crippen LogP) is 3.47. The van der Waals surface area contributed by atoms with E-state index < -0.39 is 11.4 Å². The quantitative estimate of drug-likeness (QED) is 0.897. The van der Waals surface area contributed by atoms with Gasteiger partial charge >= 0.3 is 5.97 Å². The van der Waals surface area contributed by atoms with Crippen molar-refractivity contribution in [3.05, 3.63) is 16.1 Å². The second kappa shape index (κ2) is 5.40. The highest BCUT2D eigenvalue weighted by Gasteiger charge is 2.47. The van der Waals surface area contributed by atoms with Crippen molar-refractivity contribution in [1.82, 2.24) is 0 Å². The second-order valence-electron chi connectivity index (χ2n) is 5.45. The maximum Gasteiger partial charge on any atom is 0.314 e. The molecule has 3 rings (SSSR count). The van der Waals surface area contributed by atoms with E-state index in [9.17, 15) is 9.90 Å². The topological polar surface area (TPSA) is 65.0 Å². The first-order valence-corrected chi connectivity index (χ1v) is 7.79. The number of hydrogen-bond acceptors (Lipinski definition) is 4. The van der Waals surface area contributed by atoms with Crippen molar-refractivity contribution in [1.29, 1.82) is 0 Å². The van der Waals surface area contributed by atoms with Crippen LogP contribution >= 0.6 is 15.9 Å². The minimum atomic E-state index is -0.967. The van der Waals surface area contributed by atoms with Gasteiger partial charge in [0.2, 0.25) is 6.79 Å². The summed E-state index contributed by atoms with van der Waals surface area (Å²) in [6.45, 7) is 0.109. The number of halogens is 1. The van der Waals surface area contributed by atoms with Crippen LogP contribution in [0.15, 0.2) is 10.5 Å². The zero-order chi connectivity index (χ0) is 15.0. The first-order valence-electron chi connectivity index (χ1n) is 7.00. The molecule has 5 nitrogen and oxygen atoms in total. The van der Waals surface area contributed by atoms with Crippen molar-refractivity contribution >= 4 is 21.9 Å². The molecule has 1 saturated carbocycles. The van der Waals surface area contributed by atoms with Gasteiger partial charge in [0, 0.05) is 6.07 Å². The molecule has 0 saturated heterocycles. The van der Waals surface area contributed by atoms with Gasteiger partial charge in [0.05, 0.1) is 17.1 Å². The summed E-state index contributed by atoms with van der Waals surface area (Å²) in [5.74, 6) is 0.795. The molecule has 0 spiro atoms. The van der Waals surface area contributed by atoms with Crippen LogP contribution in [0.2, 0.25) is 0 Å². The molecule has 114 valence electrons. The lowest BCUT2D eigenvalue weighted by Crippen LogP contribution is -2.38. The number of carboxylic acids is 1. The van der Waals surface area contributed by atoms with E-state index in [2.05, 4.69) is 15.9 Å². The van der Waals surface area contributed by atoms with Gasteiger partial charge in [0.25, 0.3) is 0 Å². The lowest BCUT2D eigenvalue weighted by molar-refractivity contribution is -0.145. The molecular formula is C15H17BrO5. The standard InChI is InChI=1S/C15H17BrO5/c1-19-12-9(16)7-10-13(21-8-20-10)11(12)15(14(17)18)5-3-2-4-6-15/h7H,2-6,8H2,1H3,(H,17,18). The highest BCUT2D eigenvalue weighted by molar-refractivity contribution is 9.10. The van der Waals surface area contributed by atoms with Crippen LogP contribution in [0.5, 0.6) is 17.2 Å². The van der Waals surface area contributed by atoms with Crippen LogP contribution in [0, 0.1) is 0 Å². The van der Waals surface area contributed by atoms with Crippen molar-refractivity contribution < 1.29 is 24.1 Å². The summed E-state index contributed by atoms with van der Waals surface area (Å²) in [6, 6.07) is 1.77. The average molecular weight is 357 g/mol. The molecule has 1 aromatic rings. The number of carbonyl (C=O) groups is 1. The van der Waals surface area contributed by atoms with Crippen LogP contribution in [-0.2, 0) is 10.2 Å². The highest BCUT2D eigenvalue weighted by atomic mass is 79.9. The summed E-state index contributed by atoms with van der Waals surface area (Å²) in [6.07, 6.45) is 4.01. The molecule has 0 bridgehead atoms. The number of benzene rings is 1. The fourth-order valence-corrected chi connectivity index (χ4v) is 3.92. The van der Waals surface area contributed by atoms with Gasteiger partial charge in [-0.25, -0.2) is 0 Å². The van der Waals surface area contributed by atoms with E-state index in [0.717, 1.165) is 19.3 Å². The highest BCUT2D eigenvalue weighted by Crippen LogP contribution is 2.54. The van der Waals surface area contributed by atoms with Gasteiger partial charge in [-0.1, -0.05) is 19.3 Å². The third-order valence-corrected chi connectivity index (χ3v) is 4.96. The van der Waals surface area contributed by atoms with Crippen molar-refractivity contribution in [2.45, 2.75) is 37.5 Å². The average Bonchev–Trinajstić information content (AvgIpc) is 2.93. The lowest BCUT2D eigenvalue weighted by atomic mass is 9.68. The van der Waals surface area contributed by atoms with E-state index >= 15 is 0 Å².